The number of hydrogen-bond acceptors (Lipinski definition) is 4. The summed E-state index contributed by atoms with van der Waals surface area (Å²) in [5, 5.41) is 0.436. The molecule has 0 fully saturated rings. The number of fused-ring (bicyclic) bond motifs is 2. The molecule has 1 aliphatic heterocycles. The maximum absolute atomic E-state index is 13.7. The number of amides is 1. The van der Waals surface area contributed by atoms with E-state index in [2.05, 4.69) is 15.9 Å². The summed E-state index contributed by atoms with van der Waals surface area (Å²) >= 11 is 3.43. The number of carbonyl (C=O) groups is 1. The van der Waals surface area contributed by atoms with E-state index in [0.717, 1.165) is 22.0 Å². The van der Waals surface area contributed by atoms with Crippen LogP contribution in [0.2, 0.25) is 0 Å². The molecule has 33 heavy (non-hydrogen) atoms. The topological polar surface area (TPSA) is 59.8 Å². The van der Waals surface area contributed by atoms with E-state index in [1.54, 1.807) is 23.1 Å². The molecule has 2 heterocycles. The predicted octanol–water partition coefficient (Wildman–Crippen LogP) is 6.40. The Bertz CT molecular complexity index is 1440. The zero-order valence-corrected chi connectivity index (χ0v) is 19.9. The Morgan fingerprint density at radius 2 is 1.85 bits per heavy atom. The number of halogens is 1. The van der Waals surface area contributed by atoms with Gasteiger partial charge in [0.15, 0.2) is 5.43 Å². The van der Waals surface area contributed by atoms with Crippen LogP contribution in [0.15, 0.2) is 80.4 Å². The van der Waals surface area contributed by atoms with Crippen molar-refractivity contribution in [3.05, 3.63) is 104 Å². The summed E-state index contributed by atoms with van der Waals surface area (Å²) in [5.41, 5.74) is 3.05. The molecular weight excluding hydrogens is 482 g/mol. The number of anilines is 1. The average molecular weight is 504 g/mol. The number of carbonyl (C=O) groups excluding carboxylic acids is 1. The minimum absolute atomic E-state index is 0.0845. The van der Waals surface area contributed by atoms with E-state index < -0.39 is 6.04 Å². The van der Waals surface area contributed by atoms with Crippen molar-refractivity contribution in [3.8, 4) is 5.75 Å². The van der Waals surface area contributed by atoms with E-state index in [0.29, 0.717) is 34.6 Å². The van der Waals surface area contributed by atoms with Crippen molar-refractivity contribution in [2.75, 3.05) is 11.5 Å². The predicted molar refractivity (Wildman–Crippen MR) is 132 cm³/mol. The molecule has 0 saturated heterocycles. The van der Waals surface area contributed by atoms with Crippen molar-refractivity contribution in [1.29, 1.82) is 0 Å². The summed E-state index contributed by atoms with van der Waals surface area (Å²) < 4.78 is 12.6. The highest BCUT2D eigenvalue weighted by Gasteiger charge is 2.43. The third-order valence-corrected chi connectivity index (χ3v) is 6.25. The second-order valence-corrected chi connectivity index (χ2v) is 9.07. The Kier molecular flexibility index (Phi) is 5.54. The van der Waals surface area contributed by atoms with E-state index >= 15 is 0 Å². The first-order valence-corrected chi connectivity index (χ1v) is 11.7. The molecule has 1 unspecified atom stereocenters. The van der Waals surface area contributed by atoms with Gasteiger partial charge in [0, 0.05) is 10.2 Å². The van der Waals surface area contributed by atoms with Crippen molar-refractivity contribution in [2.24, 2.45) is 0 Å². The molecule has 6 heteroatoms. The average Bonchev–Trinajstić information content (AvgIpc) is 3.11. The summed E-state index contributed by atoms with van der Waals surface area (Å²) in [4.78, 5) is 29.0. The summed E-state index contributed by atoms with van der Waals surface area (Å²) in [6.45, 7) is 4.61. The Balaban J connectivity index is 1.77. The molecular formula is C27H22BrNO4. The minimum Gasteiger partial charge on any atom is -0.494 e. The normalized spacial score (nSPS) is 15.2. The molecule has 1 amide bonds. The van der Waals surface area contributed by atoms with E-state index in [9.17, 15) is 9.59 Å². The lowest BCUT2D eigenvalue weighted by atomic mass is 9.98. The molecule has 4 aromatic rings. The molecule has 166 valence electrons. The van der Waals surface area contributed by atoms with Crippen molar-refractivity contribution < 1.29 is 13.9 Å². The van der Waals surface area contributed by atoms with Gasteiger partial charge in [0.25, 0.3) is 5.91 Å². The van der Waals surface area contributed by atoms with Gasteiger partial charge in [-0.1, -0.05) is 47.1 Å². The quantitative estimate of drug-likeness (QED) is 0.316. The maximum atomic E-state index is 13.7. The van der Waals surface area contributed by atoms with E-state index in [-0.39, 0.29) is 17.1 Å². The zero-order valence-electron chi connectivity index (χ0n) is 18.3. The zero-order chi connectivity index (χ0) is 23.1. The Labute approximate surface area is 199 Å². The van der Waals surface area contributed by atoms with Crippen molar-refractivity contribution in [1.82, 2.24) is 0 Å². The number of aryl methyl sites for hydroxylation is 1. The molecule has 1 atom stereocenters. The second kappa shape index (κ2) is 8.52. The monoisotopic (exact) mass is 503 g/mol. The smallest absolute Gasteiger partial charge is 0.295 e. The standard InChI is InChI=1S/C27H22BrNO4/c1-3-12-32-20-9-5-7-17(14-20)24-23-25(30)21-15-18(28)10-11-22(21)33-26(23)27(31)29(24)19-8-4-6-16(2)13-19/h4-11,13-15,24H,3,12H2,1-2H3. The van der Waals surface area contributed by atoms with Crippen molar-refractivity contribution >= 4 is 38.5 Å². The van der Waals surface area contributed by atoms with Crippen LogP contribution in [0.25, 0.3) is 11.0 Å². The molecule has 0 bridgehead atoms. The first-order valence-electron chi connectivity index (χ1n) is 10.9. The Morgan fingerprint density at radius 1 is 1.03 bits per heavy atom. The summed E-state index contributed by atoms with van der Waals surface area (Å²) in [6, 6.07) is 19.9. The van der Waals surface area contributed by atoms with E-state index in [1.807, 2.05) is 62.4 Å². The SMILES string of the molecule is CCCOc1cccc(C2c3c(oc4ccc(Br)cc4c3=O)C(=O)N2c2cccc(C)c2)c1. The number of rotatable bonds is 5. The van der Waals surface area contributed by atoms with Crippen LogP contribution in [-0.2, 0) is 0 Å². The van der Waals surface area contributed by atoms with Crippen LogP contribution in [0.4, 0.5) is 5.69 Å². The summed E-state index contributed by atoms with van der Waals surface area (Å²) in [6.07, 6.45) is 0.884. The molecule has 0 saturated carbocycles. The third kappa shape index (κ3) is 3.74. The molecule has 0 aliphatic carbocycles. The van der Waals surface area contributed by atoms with Crippen LogP contribution in [-0.4, -0.2) is 12.5 Å². The van der Waals surface area contributed by atoms with Crippen LogP contribution in [0.1, 0.15) is 46.6 Å². The van der Waals surface area contributed by atoms with Crippen LogP contribution in [0.5, 0.6) is 5.75 Å². The molecule has 5 rings (SSSR count). The number of nitrogens with zero attached hydrogens (tertiary/aromatic N) is 1. The fraction of sp³-hybridized carbons (Fsp3) is 0.185. The van der Waals surface area contributed by atoms with Gasteiger partial charge in [-0.05, 0) is 66.9 Å². The molecule has 5 nitrogen and oxygen atoms in total. The van der Waals surface area contributed by atoms with Crippen molar-refractivity contribution in [3.63, 3.8) is 0 Å². The van der Waals surface area contributed by atoms with Gasteiger partial charge in [-0.25, -0.2) is 0 Å². The summed E-state index contributed by atoms with van der Waals surface area (Å²) in [7, 11) is 0. The van der Waals surface area contributed by atoms with Gasteiger partial charge in [0.05, 0.1) is 23.6 Å². The fourth-order valence-corrected chi connectivity index (χ4v) is 4.66. The van der Waals surface area contributed by atoms with Gasteiger partial charge in [0.2, 0.25) is 5.76 Å². The summed E-state index contributed by atoms with van der Waals surface area (Å²) in [5.74, 6) is 0.455. The van der Waals surface area contributed by atoms with Crippen LogP contribution < -0.4 is 15.1 Å². The maximum Gasteiger partial charge on any atom is 0.295 e. The largest absolute Gasteiger partial charge is 0.494 e. The van der Waals surface area contributed by atoms with Crippen LogP contribution >= 0.6 is 15.9 Å². The Morgan fingerprint density at radius 3 is 2.64 bits per heavy atom. The number of benzene rings is 3. The lowest BCUT2D eigenvalue weighted by Gasteiger charge is -2.26. The lowest BCUT2D eigenvalue weighted by Crippen LogP contribution is -2.29. The highest BCUT2D eigenvalue weighted by atomic mass is 79.9. The Hall–Kier alpha value is -3.38. The molecule has 0 radical (unpaired) electrons. The number of hydrogen-bond donors (Lipinski definition) is 0. The van der Waals surface area contributed by atoms with Crippen LogP contribution in [0, 0.1) is 6.92 Å². The second-order valence-electron chi connectivity index (χ2n) is 8.15. The van der Waals surface area contributed by atoms with Crippen LogP contribution in [0.3, 0.4) is 0 Å². The van der Waals surface area contributed by atoms with Gasteiger partial charge in [-0.15, -0.1) is 0 Å². The third-order valence-electron chi connectivity index (χ3n) is 5.76. The molecule has 1 aromatic heterocycles. The minimum atomic E-state index is -0.626. The first kappa shape index (κ1) is 21.5. The van der Waals surface area contributed by atoms with Gasteiger partial charge >= 0.3 is 0 Å². The molecule has 1 aliphatic rings. The molecule has 3 aromatic carbocycles. The van der Waals surface area contributed by atoms with Crippen molar-refractivity contribution in [2.45, 2.75) is 26.3 Å². The molecule has 0 spiro atoms. The number of ether oxygens (including phenoxy) is 1. The highest BCUT2D eigenvalue weighted by Crippen LogP contribution is 2.42. The van der Waals surface area contributed by atoms with E-state index in [1.165, 1.54) is 0 Å². The van der Waals surface area contributed by atoms with Gasteiger partial charge in [0.1, 0.15) is 11.3 Å². The van der Waals surface area contributed by atoms with Gasteiger partial charge in [-0.2, -0.15) is 0 Å². The van der Waals surface area contributed by atoms with Gasteiger partial charge < -0.3 is 9.15 Å². The molecule has 0 N–H and O–H groups in total. The lowest BCUT2D eigenvalue weighted by molar-refractivity contribution is 0.0971. The fourth-order valence-electron chi connectivity index (χ4n) is 4.30. The van der Waals surface area contributed by atoms with E-state index in [4.69, 9.17) is 9.15 Å². The van der Waals surface area contributed by atoms with Gasteiger partial charge in [-0.3, -0.25) is 14.5 Å². The first-order chi connectivity index (χ1) is 16.0. The highest BCUT2D eigenvalue weighted by molar-refractivity contribution is 9.10.